The molecule has 0 aliphatic carbocycles. The maximum Gasteiger partial charge on any atom is 0.319 e. The first kappa shape index (κ1) is 16.8. The third-order valence-corrected chi connectivity index (χ3v) is 4.06. The largest absolute Gasteiger partial charge is 0.335 e. The molecule has 0 spiro atoms. The van der Waals surface area contributed by atoms with Crippen LogP contribution in [-0.4, -0.2) is 81.9 Å². The smallest absolute Gasteiger partial charge is 0.319 e. The molecule has 3 rings (SSSR count). The van der Waals surface area contributed by atoms with E-state index in [9.17, 15) is 9.59 Å². The molecule has 0 unspecified atom stereocenters. The van der Waals surface area contributed by atoms with Gasteiger partial charge < -0.3 is 14.7 Å². The van der Waals surface area contributed by atoms with Gasteiger partial charge >= 0.3 is 6.03 Å². The molecular weight excluding hydrogens is 320 g/mol. The summed E-state index contributed by atoms with van der Waals surface area (Å²) in [5.41, 5.74) is 1.30. The second-order valence-electron chi connectivity index (χ2n) is 5.99. The monoisotopic (exact) mass is 340 g/mol. The number of urea groups is 1. The zero-order chi connectivity index (χ0) is 17.8. The second-order valence-corrected chi connectivity index (χ2v) is 5.99. The Kier molecular flexibility index (Phi) is 4.87. The van der Waals surface area contributed by atoms with Gasteiger partial charge in [0.2, 0.25) is 0 Å². The van der Waals surface area contributed by atoms with Crippen molar-refractivity contribution in [1.82, 2.24) is 29.7 Å². The molecule has 1 saturated heterocycles. The van der Waals surface area contributed by atoms with E-state index in [1.165, 1.54) is 0 Å². The maximum absolute atomic E-state index is 12.6. The number of rotatable bonds is 2. The van der Waals surface area contributed by atoms with E-state index in [1.54, 1.807) is 53.6 Å². The Morgan fingerprint density at radius 1 is 0.960 bits per heavy atom. The van der Waals surface area contributed by atoms with Gasteiger partial charge in [-0.2, -0.15) is 0 Å². The van der Waals surface area contributed by atoms with Gasteiger partial charge in [-0.3, -0.25) is 9.78 Å². The van der Waals surface area contributed by atoms with Crippen molar-refractivity contribution in [3.63, 3.8) is 0 Å². The van der Waals surface area contributed by atoms with Crippen molar-refractivity contribution in [2.24, 2.45) is 0 Å². The molecule has 0 N–H and O–H groups in total. The molecule has 0 radical (unpaired) electrons. The average molecular weight is 340 g/mol. The fourth-order valence-electron chi connectivity index (χ4n) is 2.65. The first-order chi connectivity index (χ1) is 12.1. The van der Waals surface area contributed by atoms with Gasteiger partial charge in [0, 0.05) is 70.6 Å². The topological polar surface area (TPSA) is 82.5 Å². The minimum absolute atomic E-state index is 0.0304. The lowest BCUT2D eigenvalue weighted by Gasteiger charge is -2.35. The Morgan fingerprint density at radius 3 is 2.08 bits per heavy atom. The minimum atomic E-state index is -0.113. The molecule has 0 bridgehead atoms. The molecule has 1 aliphatic heterocycles. The highest BCUT2D eigenvalue weighted by Gasteiger charge is 2.25. The maximum atomic E-state index is 12.6. The molecule has 2 aromatic heterocycles. The van der Waals surface area contributed by atoms with Gasteiger partial charge in [0.1, 0.15) is 0 Å². The Hall–Kier alpha value is -3.03. The highest BCUT2D eigenvalue weighted by atomic mass is 16.2. The Balaban J connectivity index is 1.63. The van der Waals surface area contributed by atoms with Crippen LogP contribution in [0.25, 0.3) is 11.4 Å². The number of hydrogen-bond donors (Lipinski definition) is 0. The summed E-state index contributed by atoms with van der Waals surface area (Å²) < 4.78 is 0. The molecule has 1 aliphatic rings. The van der Waals surface area contributed by atoms with Crippen LogP contribution in [0.5, 0.6) is 0 Å². The zero-order valence-electron chi connectivity index (χ0n) is 14.3. The molecular formula is C17H20N6O2. The number of carbonyl (C=O) groups excluding carboxylic acids is 2. The van der Waals surface area contributed by atoms with Crippen molar-refractivity contribution in [3.8, 4) is 11.4 Å². The van der Waals surface area contributed by atoms with Crippen LogP contribution in [0.2, 0.25) is 0 Å². The average Bonchev–Trinajstić information content (AvgIpc) is 2.67. The number of piperazine rings is 1. The highest BCUT2D eigenvalue weighted by Crippen LogP contribution is 2.14. The summed E-state index contributed by atoms with van der Waals surface area (Å²) in [4.78, 5) is 42.0. The summed E-state index contributed by atoms with van der Waals surface area (Å²) >= 11 is 0. The van der Waals surface area contributed by atoms with Crippen molar-refractivity contribution < 1.29 is 9.59 Å². The third-order valence-electron chi connectivity index (χ3n) is 4.06. The Morgan fingerprint density at radius 2 is 1.52 bits per heavy atom. The van der Waals surface area contributed by atoms with E-state index in [-0.39, 0.29) is 11.9 Å². The summed E-state index contributed by atoms with van der Waals surface area (Å²) in [5.74, 6) is 0.443. The lowest BCUT2D eigenvalue weighted by Crippen LogP contribution is -2.52. The van der Waals surface area contributed by atoms with Crippen LogP contribution < -0.4 is 0 Å². The van der Waals surface area contributed by atoms with Crippen molar-refractivity contribution in [2.45, 2.75) is 0 Å². The SMILES string of the molecule is CN(C)C(=O)N1CCN(C(=O)c2cnc(-c3ccncc3)nc2)CC1. The standard InChI is InChI=1S/C17H20N6O2/c1-21(2)17(25)23-9-7-22(8-10-23)16(24)14-11-19-15(20-12-14)13-3-5-18-6-4-13/h3-6,11-12H,7-10H2,1-2H3. The van der Waals surface area contributed by atoms with E-state index in [1.807, 2.05) is 12.1 Å². The zero-order valence-corrected chi connectivity index (χ0v) is 14.3. The predicted octanol–water partition coefficient (Wildman–Crippen LogP) is 0.978. The molecule has 8 heteroatoms. The van der Waals surface area contributed by atoms with E-state index < -0.39 is 0 Å². The summed E-state index contributed by atoms with van der Waals surface area (Å²) in [6, 6.07) is 3.60. The molecule has 2 aromatic rings. The molecule has 3 amide bonds. The molecule has 1 fully saturated rings. The van der Waals surface area contributed by atoms with E-state index in [4.69, 9.17) is 0 Å². The molecule has 8 nitrogen and oxygen atoms in total. The van der Waals surface area contributed by atoms with Crippen LogP contribution in [0.3, 0.4) is 0 Å². The van der Waals surface area contributed by atoms with Gasteiger partial charge in [0.15, 0.2) is 5.82 Å². The molecule has 0 aromatic carbocycles. The van der Waals surface area contributed by atoms with Gasteiger partial charge in [-0.05, 0) is 12.1 Å². The first-order valence-electron chi connectivity index (χ1n) is 8.04. The van der Waals surface area contributed by atoms with Crippen molar-refractivity contribution in [2.75, 3.05) is 40.3 Å². The quantitative estimate of drug-likeness (QED) is 0.814. The summed E-state index contributed by atoms with van der Waals surface area (Å²) in [6.45, 7) is 2.06. The number of hydrogen-bond acceptors (Lipinski definition) is 5. The van der Waals surface area contributed by atoms with Crippen molar-refractivity contribution >= 4 is 11.9 Å². The summed E-state index contributed by atoms with van der Waals surface area (Å²) in [6.07, 6.45) is 6.43. The Bertz CT molecular complexity index is 739. The van der Waals surface area contributed by atoms with Gasteiger partial charge in [0.25, 0.3) is 5.91 Å². The van der Waals surface area contributed by atoms with Crippen LogP contribution in [0.4, 0.5) is 4.79 Å². The van der Waals surface area contributed by atoms with Gasteiger partial charge in [-0.1, -0.05) is 0 Å². The van der Waals surface area contributed by atoms with Crippen molar-refractivity contribution in [3.05, 3.63) is 42.5 Å². The lowest BCUT2D eigenvalue weighted by atomic mass is 10.2. The number of amides is 3. The van der Waals surface area contributed by atoms with Gasteiger partial charge in [0.05, 0.1) is 5.56 Å². The van der Waals surface area contributed by atoms with Crippen LogP contribution in [0.1, 0.15) is 10.4 Å². The lowest BCUT2D eigenvalue weighted by molar-refractivity contribution is 0.0649. The molecule has 25 heavy (non-hydrogen) atoms. The van der Waals surface area contributed by atoms with Gasteiger partial charge in [-0.25, -0.2) is 14.8 Å². The molecule has 3 heterocycles. The van der Waals surface area contributed by atoms with E-state index in [2.05, 4.69) is 15.0 Å². The number of aromatic nitrogens is 3. The van der Waals surface area contributed by atoms with E-state index >= 15 is 0 Å². The second kappa shape index (κ2) is 7.25. The van der Waals surface area contributed by atoms with Crippen LogP contribution in [0.15, 0.2) is 36.9 Å². The van der Waals surface area contributed by atoms with E-state index in [0.29, 0.717) is 37.6 Å². The fourth-order valence-corrected chi connectivity index (χ4v) is 2.65. The number of nitrogens with zero attached hydrogens (tertiary/aromatic N) is 6. The minimum Gasteiger partial charge on any atom is -0.335 e. The molecule has 130 valence electrons. The number of carbonyl (C=O) groups is 2. The third kappa shape index (κ3) is 3.73. The van der Waals surface area contributed by atoms with Crippen LogP contribution in [-0.2, 0) is 0 Å². The summed E-state index contributed by atoms with van der Waals surface area (Å²) in [5, 5.41) is 0. The van der Waals surface area contributed by atoms with E-state index in [0.717, 1.165) is 5.56 Å². The van der Waals surface area contributed by atoms with Crippen LogP contribution in [0, 0.1) is 0 Å². The fraction of sp³-hybridized carbons (Fsp3) is 0.353. The summed E-state index contributed by atoms with van der Waals surface area (Å²) in [7, 11) is 3.45. The van der Waals surface area contributed by atoms with Crippen LogP contribution >= 0.6 is 0 Å². The first-order valence-corrected chi connectivity index (χ1v) is 8.04. The number of pyridine rings is 1. The highest BCUT2D eigenvalue weighted by molar-refractivity contribution is 5.94. The molecule has 0 atom stereocenters. The van der Waals surface area contributed by atoms with Crippen molar-refractivity contribution in [1.29, 1.82) is 0 Å². The Labute approximate surface area is 146 Å². The molecule has 0 saturated carbocycles. The normalized spacial score (nSPS) is 14.3. The van der Waals surface area contributed by atoms with Gasteiger partial charge in [-0.15, -0.1) is 0 Å². The predicted molar refractivity (Wildman–Crippen MR) is 91.8 cm³/mol.